The SMILES string of the molecule is Cc1cccc(NC(=O)CN2C(=O)[C@@H]3[C@H]4C=C[C@@H]([C@@H]5C[C@@H]45)[C@@H]3C2=O)c1. The van der Waals surface area contributed by atoms with Crippen LogP contribution in [0.25, 0.3) is 0 Å². The van der Waals surface area contributed by atoms with Crippen molar-refractivity contribution in [3.63, 3.8) is 0 Å². The van der Waals surface area contributed by atoms with Crippen molar-refractivity contribution in [2.75, 3.05) is 11.9 Å². The van der Waals surface area contributed by atoms with Crippen molar-refractivity contribution >= 4 is 23.4 Å². The first-order chi connectivity index (χ1) is 12.0. The molecule has 1 heterocycles. The number of imide groups is 1. The maximum Gasteiger partial charge on any atom is 0.244 e. The minimum absolute atomic E-state index is 0.154. The van der Waals surface area contributed by atoms with Crippen LogP contribution in [0.15, 0.2) is 36.4 Å². The Hall–Kier alpha value is -2.43. The number of hydrogen-bond acceptors (Lipinski definition) is 3. The molecule has 128 valence electrons. The molecule has 5 heteroatoms. The summed E-state index contributed by atoms with van der Waals surface area (Å²) in [6.07, 6.45) is 5.42. The van der Waals surface area contributed by atoms with Crippen LogP contribution < -0.4 is 5.32 Å². The van der Waals surface area contributed by atoms with Gasteiger partial charge < -0.3 is 5.32 Å². The van der Waals surface area contributed by atoms with Crippen LogP contribution in [0.5, 0.6) is 0 Å². The first-order valence-electron chi connectivity index (χ1n) is 8.94. The summed E-state index contributed by atoms with van der Waals surface area (Å²) in [6.45, 7) is 1.76. The summed E-state index contributed by atoms with van der Waals surface area (Å²) >= 11 is 0. The number of nitrogens with zero attached hydrogens (tertiary/aromatic N) is 1. The number of amides is 3. The molecule has 6 atom stereocenters. The standard InChI is InChI=1S/C20H20N2O3/c1-10-3-2-4-11(7-10)21-16(23)9-22-19(24)17-12-5-6-13(15-8-14(12)15)18(17)20(22)25/h2-7,12-15,17-18H,8-9H2,1H3,(H,21,23)/t12-,13-,14-,15-,17-,18+/m0/s1. The highest BCUT2D eigenvalue weighted by atomic mass is 16.2. The Morgan fingerprint density at radius 3 is 2.36 bits per heavy atom. The van der Waals surface area contributed by atoms with Gasteiger partial charge in [-0.2, -0.15) is 0 Å². The predicted molar refractivity (Wildman–Crippen MR) is 91.2 cm³/mol. The highest BCUT2D eigenvalue weighted by Gasteiger charge is 2.67. The average Bonchev–Trinajstić information content (AvgIpc) is 3.36. The lowest BCUT2D eigenvalue weighted by atomic mass is 9.63. The molecule has 0 aromatic heterocycles. The number of likely N-dealkylation sites (tertiary alicyclic amines) is 1. The van der Waals surface area contributed by atoms with Crippen LogP contribution >= 0.6 is 0 Å². The third-order valence-corrected chi connectivity index (χ3v) is 6.36. The third kappa shape index (κ3) is 2.11. The van der Waals surface area contributed by atoms with Gasteiger partial charge in [0.1, 0.15) is 6.54 Å². The predicted octanol–water partition coefficient (Wildman–Crippen LogP) is 1.99. The summed E-state index contributed by atoms with van der Waals surface area (Å²) in [5.74, 6) is 0.441. The summed E-state index contributed by atoms with van der Waals surface area (Å²) in [4.78, 5) is 39.2. The van der Waals surface area contributed by atoms with Gasteiger partial charge in [0.05, 0.1) is 11.8 Å². The van der Waals surface area contributed by atoms with E-state index in [0.717, 1.165) is 12.0 Å². The van der Waals surface area contributed by atoms with Crippen molar-refractivity contribution in [1.29, 1.82) is 0 Å². The number of allylic oxidation sites excluding steroid dienone is 2. The molecule has 1 aromatic rings. The van der Waals surface area contributed by atoms with E-state index in [-0.39, 0.29) is 47.9 Å². The largest absolute Gasteiger partial charge is 0.325 e. The molecule has 25 heavy (non-hydrogen) atoms. The number of carbonyl (C=O) groups excluding carboxylic acids is 3. The van der Waals surface area contributed by atoms with Crippen molar-refractivity contribution in [1.82, 2.24) is 4.90 Å². The second-order valence-corrected chi connectivity index (χ2v) is 7.83. The Morgan fingerprint density at radius 1 is 1.12 bits per heavy atom. The van der Waals surface area contributed by atoms with Gasteiger partial charge in [-0.05, 0) is 54.7 Å². The van der Waals surface area contributed by atoms with Gasteiger partial charge in [-0.3, -0.25) is 19.3 Å². The number of carbonyl (C=O) groups is 3. The summed E-state index contributed by atoms with van der Waals surface area (Å²) in [7, 11) is 0. The van der Waals surface area contributed by atoms with E-state index in [1.54, 1.807) is 6.07 Å². The zero-order valence-corrected chi connectivity index (χ0v) is 14.0. The van der Waals surface area contributed by atoms with E-state index in [0.29, 0.717) is 17.5 Å². The quantitative estimate of drug-likeness (QED) is 0.678. The van der Waals surface area contributed by atoms with E-state index < -0.39 is 0 Å². The van der Waals surface area contributed by atoms with Gasteiger partial charge in [-0.1, -0.05) is 24.3 Å². The van der Waals surface area contributed by atoms with Gasteiger partial charge in [0.25, 0.3) is 0 Å². The van der Waals surface area contributed by atoms with Crippen LogP contribution in [-0.2, 0) is 14.4 Å². The molecule has 5 aliphatic rings. The van der Waals surface area contributed by atoms with Gasteiger partial charge in [-0.25, -0.2) is 0 Å². The average molecular weight is 336 g/mol. The number of benzene rings is 1. The third-order valence-electron chi connectivity index (χ3n) is 6.36. The molecule has 3 fully saturated rings. The van der Waals surface area contributed by atoms with E-state index >= 15 is 0 Å². The fourth-order valence-corrected chi connectivity index (χ4v) is 5.24. The van der Waals surface area contributed by atoms with E-state index in [1.165, 1.54) is 4.90 Å². The number of hydrogen-bond donors (Lipinski definition) is 1. The number of aryl methyl sites for hydroxylation is 1. The number of anilines is 1. The molecule has 1 N–H and O–H groups in total. The molecule has 1 aliphatic heterocycles. The summed E-state index contributed by atoms with van der Waals surface area (Å²) in [5.41, 5.74) is 1.73. The second-order valence-electron chi connectivity index (χ2n) is 7.83. The number of rotatable bonds is 3. The molecule has 5 nitrogen and oxygen atoms in total. The van der Waals surface area contributed by atoms with Crippen molar-refractivity contribution in [3.8, 4) is 0 Å². The number of nitrogens with one attached hydrogen (secondary N) is 1. The monoisotopic (exact) mass is 336 g/mol. The molecule has 2 bridgehead atoms. The Balaban J connectivity index is 1.33. The van der Waals surface area contributed by atoms with Crippen molar-refractivity contribution in [2.45, 2.75) is 13.3 Å². The van der Waals surface area contributed by atoms with Gasteiger partial charge in [-0.15, -0.1) is 0 Å². The highest BCUT2D eigenvalue weighted by molar-refractivity contribution is 6.09. The fraction of sp³-hybridized carbons (Fsp3) is 0.450. The van der Waals surface area contributed by atoms with Gasteiger partial charge in [0, 0.05) is 5.69 Å². The van der Waals surface area contributed by atoms with Crippen molar-refractivity contribution in [3.05, 3.63) is 42.0 Å². The zero-order valence-electron chi connectivity index (χ0n) is 14.0. The van der Waals surface area contributed by atoms with E-state index in [1.807, 2.05) is 25.1 Å². The van der Waals surface area contributed by atoms with E-state index in [4.69, 9.17) is 0 Å². The Bertz CT molecular complexity index is 794. The molecule has 2 saturated carbocycles. The maximum atomic E-state index is 12.8. The molecule has 1 aromatic carbocycles. The Labute approximate surface area is 146 Å². The molecule has 0 radical (unpaired) electrons. The van der Waals surface area contributed by atoms with Gasteiger partial charge >= 0.3 is 0 Å². The van der Waals surface area contributed by atoms with Gasteiger partial charge in [0.15, 0.2) is 0 Å². The van der Waals surface area contributed by atoms with Crippen LogP contribution in [0, 0.1) is 42.4 Å². The molecule has 0 unspecified atom stereocenters. The first kappa shape index (κ1) is 14.9. The summed E-state index contributed by atoms with van der Waals surface area (Å²) < 4.78 is 0. The highest BCUT2D eigenvalue weighted by Crippen LogP contribution is 2.65. The van der Waals surface area contributed by atoms with Crippen LogP contribution in [-0.4, -0.2) is 29.2 Å². The molecular formula is C20H20N2O3. The van der Waals surface area contributed by atoms with Crippen LogP contribution in [0.1, 0.15) is 12.0 Å². The van der Waals surface area contributed by atoms with Gasteiger partial charge in [0.2, 0.25) is 17.7 Å². The van der Waals surface area contributed by atoms with Crippen molar-refractivity contribution < 1.29 is 14.4 Å². The minimum Gasteiger partial charge on any atom is -0.325 e. The lowest BCUT2D eigenvalue weighted by molar-refractivity contribution is -0.142. The molecule has 3 amide bonds. The summed E-state index contributed by atoms with van der Waals surface area (Å²) in [6, 6.07) is 7.47. The molecular weight excluding hydrogens is 316 g/mol. The zero-order chi connectivity index (χ0) is 17.3. The lowest BCUT2D eigenvalue weighted by Gasteiger charge is -2.37. The Kier molecular flexibility index (Phi) is 3.00. The van der Waals surface area contributed by atoms with Crippen LogP contribution in [0.3, 0.4) is 0 Å². The smallest absolute Gasteiger partial charge is 0.244 e. The maximum absolute atomic E-state index is 12.8. The molecule has 1 saturated heterocycles. The molecule has 6 rings (SSSR count). The van der Waals surface area contributed by atoms with Crippen LogP contribution in [0.4, 0.5) is 5.69 Å². The Morgan fingerprint density at radius 2 is 1.76 bits per heavy atom. The van der Waals surface area contributed by atoms with Crippen LogP contribution in [0.2, 0.25) is 0 Å². The first-order valence-corrected chi connectivity index (χ1v) is 8.94. The van der Waals surface area contributed by atoms with E-state index in [2.05, 4.69) is 17.5 Å². The normalized spacial score (nSPS) is 37.1. The van der Waals surface area contributed by atoms with E-state index in [9.17, 15) is 14.4 Å². The minimum atomic E-state index is -0.323. The second kappa shape index (κ2) is 5.04. The fourth-order valence-electron chi connectivity index (χ4n) is 5.24. The lowest BCUT2D eigenvalue weighted by Crippen LogP contribution is -2.40. The molecule has 0 spiro atoms. The summed E-state index contributed by atoms with van der Waals surface area (Å²) in [5, 5.41) is 2.79. The molecule has 4 aliphatic carbocycles. The topological polar surface area (TPSA) is 66.5 Å². The van der Waals surface area contributed by atoms with Crippen molar-refractivity contribution in [2.24, 2.45) is 35.5 Å².